The number of ketones is 1. The van der Waals surface area contributed by atoms with Crippen LogP contribution in [0.2, 0.25) is 0 Å². The normalized spacial score (nSPS) is 13.6. The average Bonchev–Trinajstić information content (AvgIpc) is 3.64. The number of rotatable bonds is 9. The van der Waals surface area contributed by atoms with Crippen LogP contribution in [-0.2, 0) is 18.0 Å². The van der Waals surface area contributed by atoms with Gasteiger partial charge in [0.25, 0.3) is 5.91 Å². The lowest BCUT2D eigenvalue weighted by Gasteiger charge is -2.17. The van der Waals surface area contributed by atoms with E-state index >= 15 is 0 Å². The molecule has 0 spiro atoms. The van der Waals surface area contributed by atoms with E-state index in [1.807, 2.05) is 0 Å². The zero-order chi connectivity index (χ0) is 24.1. The molecule has 2 aromatic carbocycles. The molecule has 1 fully saturated rings. The number of nitrogens with one attached hydrogen (secondary N) is 2. The summed E-state index contributed by atoms with van der Waals surface area (Å²) < 4.78 is 19.2. The first kappa shape index (κ1) is 23.0. The molecule has 0 saturated heterocycles. The molecule has 0 atom stereocenters. The van der Waals surface area contributed by atoms with Crippen molar-refractivity contribution in [3.8, 4) is 11.5 Å². The summed E-state index contributed by atoms with van der Waals surface area (Å²) in [5.41, 5.74) is 0.932. The van der Waals surface area contributed by atoms with Crippen molar-refractivity contribution < 1.29 is 23.5 Å². The number of hydrogen-bond acceptors (Lipinski definition) is 6. The Morgan fingerprint density at radius 3 is 2.35 bits per heavy atom. The van der Waals surface area contributed by atoms with E-state index in [0.29, 0.717) is 41.0 Å². The van der Waals surface area contributed by atoms with Gasteiger partial charge >= 0.3 is 0 Å². The van der Waals surface area contributed by atoms with Crippen LogP contribution in [0, 0.1) is 0 Å². The number of amides is 2. The fraction of sp³-hybridized carbons (Fsp3) is 0.240. The zero-order valence-corrected chi connectivity index (χ0v) is 18.5. The number of aromatic nitrogens is 2. The van der Waals surface area contributed by atoms with Gasteiger partial charge in [-0.2, -0.15) is 0 Å². The molecule has 2 amide bonds. The van der Waals surface area contributed by atoms with E-state index in [9.17, 15) is 18.8 Å². The number of nitrogens with zero attached hydrogens (tertiary/aromatic N) is 2. The highest BCUT2D eigenvalue weighted by Crippen LogP contribution is 2.36. The minimum atomic E-state index is -0.912. The zero-order valence-electron chi connectivity index (χ0n) is 18.5. The summed E-state index contributed by atoms with van der Waals surface area (Å²) in [6, 6.07) is 11.7. The van der Waals surface area contributed by atoms with E-state index in [0.717, 1.165) is 5.56 Å². The Morgan fingerprint density at radius 2 is 1.74 bits per heavy atom. The molecule has 174 valence electrons. The van der Waals surface area contributed by atoms with Gasteiger partial charge in [-0.1, -0.05) is 12.1 Å². The fourth-order valence-corrected chi connectivity index (χ4v) is 3.40. The Kier molecular flexibility index (Phi) is 6.62. The molecule has 1 heterocycles. The van der Waals surface area contributed by atoms with Gasteiger partial charge in [-0.15, -0.1) is 0 Å². The number of ether oxygens (including phenoxy) is 1. The third-order valence-electron chi connectivity index (χ3n) is 5.58. The third kappa shape index (κ3) is 5.25. The molecule has 0 unspecified atom stereocenters. The summed E-state index contributed by atoms with van der Waals surface area (Å²) in [6.07, 6.45) is 5.24. The van der Waals surface area contributed by atoms with Crippen molar-refractivity contribution in [2.45, 2.75) is 38.5 Å². The van der Waals surface area contributed by atoms with E-state index in [4.69, 9.17) is 4.74 Å². The SMILES string of the molecule is CC(=O)c1ccc(Oc2ccc(CNC(=O)C3(NC(=O)c4cncnc4)CC3)cc2)c(CF)c1. The molecule has 1 aromatic heterocycles. The predicted octanol–water partition coefficient (Wildman–Crippen LogP) is 3.52. The van der Waals surface area contributed by atoms with Crippen LogP contribution in [0.25, 0.3) is 0 Å². The van der Waals surface area contributed by atoms with Gasteiger partial charge in [0.05, 0.1) is 5.56 Å². The summed E-state index contributed by atoms with van der Waals surface area (Å²) >= 11 is 0. The highest BCUT2D eigenvalue weighted by atomic mass is 19.1. The second kappa shape index (κ2) is 9.78. The van der Waals surface area contributed by atoms with Gasteiger partial charge in [0, 0.05) is 30.1 Å². The van der Waals surface area contributed by atoms with Crippen LogP contribution >= 0.6 is 0 Å². The Morgan fingerprint density at radius 1 is 1.03 bits per heavy atom. The molecular weight excluding hydrogens is 439 g/mol. The molecule has 1 aliphatic rings. The van der Waals surface area contributed by atoms with Gasteiger partial charge in [0.15, 0.2) is 5.78 Å². The molecule has 0 radical (unpaired) electrons. The van der Waals surface area contributed by atoms with Gasteiger partial charge in [-0.3, -0.25) is 14.4 Å². The molecule has 3 aromatic rings. The highest BCUT2D eigenvalue weighted by molar-refractivity contribution is 6.00. The molecule has 0 bridgehead atoms. The Balaban J connectivity index is 1.33. The maximum Gasteiger partial charge on any atom is 0.255 e. The van der Waals surface area contributed by atoms with Crippen LogP contribution in [0.5, 0.6) is 11.5 Å². The lowest BCUT2D eigenvalue weighted by molar-refractivity contribution is -0.124. The van der Waals surface area contributed by atoms with Crippen molar-refractivity contribution in [2.75, 3.05) is 0 Å². The van der Waals surface area contributed by atoms with Crippen LogP contribution in [-0.4, -0.2) is 33.1 Å². The standard InChI is InChI=1S/C25H23FN4O4/c1-16(31)18-4-7-22(19(10-18)11-26)34-21-5-2-17(3-6-21)12-29-24(33)25(8-9-25)30-23(32)20-13-27-15-28-14-20/h2-7,10,13-15H,8-9,11-12H2,1H3,(H,29,33)(H,30,32). The highest BCUT2D eigenvalue weighted by Gasteiger charge is 2.51. The van der Waals surface area contributed by atoms with Crippen molar-refractivity contribution in [2.24, 2.45) is 0 Å². The van der Waals surface area contributed by atoms with Crippen molar-refractivity contribution in [1.29, 1.82) is 0 Å². The second-order valence-electron chi connectivity index (χ2n) is 8.10. The summed E-state index contributed by atoms with van der Waals surface area (Å²) in [6.45, 7) is 0.941. The first-order chi connectivity index (χ1) is 16.4. The minimum Gasteiger partial charge on any atom is -0.457 e. The number of halogens is 1. The number of carbonyl (C=O) groups is 3. The smallest absolute Gasteiger partial charge is 0.255 e. The van der Waals surface area contributed by atoms with E-state index in [-0.39, 0.29) is 18.2 Å². The molecular formula is C25H23FN4O4. The van der Waals surface area contributed by atoms with E-state index in [1.54, 1.807) is 36.4 Å². The Bertz CT molecular complexity index is 1210. The van der Waals surface area contributed by atoms with Gasteiger partial charge < -0.3 is 15.4 Å². The van der Waals surface area contributed by atoms with Crippen LogP contribution in [0.4, 0.5) is 4.39 Å². The molecule has 4 rings (SSSR count). The Hall–Kier alpha value is -4.14. The summed E-state index contributed by atoms with van der Waals surface area (Å²) in [5.74, 6) is 0.0457. The average molecular weight is 462 g/mol. The minimum absolute atomic E-state index is 0.144. The fourth-order valence-electron chi connectivity index (χ4n) is 3.40. The number of carbonyl (C=O) groups excluding carboxylic acids is 3. The molecule has 9 heteroatoms. The Labute approximate surface area is 195 Å². The maximum atomic E-state index is 13.4. The first-order valence-electron chi connectivity index (χ1n) is 10.7. The summed E-state index contributed by atoms with van der Waals surface area (Å²) in [4.78, 5) is 44.1. The molecule has 1 saturated carbocycles. The largest absolute Gasteiger partial charge is 0.457 e. The van der Waals surface area contributed by atoms with Gasteiger partial charge in [-0.25, -0.2) is 14.4 Å². The van der Waals surface area contributed by atoms with Crippen LogP contribution in [0.1, 0.15) is 51.6 Å². The monoisotopic (exact) mass is 462 g/mol. The molecule has 0 aliphatic heterocycles. The molecule has 2 N–H and O–H groups in total. The number of hydrogen-bond donors (Lipinski definition) is 2. The topological polar surface area (TPSA) is 110 Å². The molecule has 1 aliphatic carbocycles. The summed E-state index contributed by atoms with van der Waals surface area (Å²) in [5, 5.41) is 5.63. The second-order valence-corrected chi connectivity index (χ2v) is 8.10. The van der Waals surface area contributed by atoms with E-state index < -0.39 is 18.1 Å². The van der Waals surface area contributed by atoms with E-state index in [1.165, 1.54) is 31.7 Å². The maximum absolute atomic E-state index is 13.4. The van der Waals surface area contributed by atoms with Crippen LogP contribution in [0.15, 0.2) is 61.2 Å². The number of alkyl halides is 1. The molecule has 34 heavy (non-hydrogen) atoms. The van der Waals surface area contributed by atoms with E-state index in [2.05, 4.69) is 20.6 Å². The summed E-state index contributed by atoms with van der Waals surface area (Å²) in [7, 11) is 0. The number of Topliss-reactive ketones (excluding diaryl/α,β-unsaturated/α-hetero) is 1. The van der Waals surface area contributed by atoms with Crippen LogP contribution in [0.3, 0.4) is 0 Å². The lowest BCUT2D eigenvalue weighted by atomic mass is 10.1. The van der Waals surface area contributed by atoms with Crippen molar-refractivity contribution in [3.05, 3.63) is 83.4 Å². The van der Waals surface area contributed by atoms with Crippen molar-refractivity contribution >= 4 is 17.6 Å². The van der Waals surface area contributed by atoms with Crippen LogP contribution < -0.4 is 15.4 Å². The quantitative estimate of drug-likeness (QED) is 0.471. The lowest BCUT2D eigenvalue weighted by Crippen LogP contribution is -2.48. The van der Waals surface area contributed by atoms with Gasteiger partial charge in [-0.05, 0) is 55.7 Å². The van der Waals surface area contributed by atoms with Gasteiger partial charge in [0.1, 0.15) is 30.0 Å². The van der Waals surface area contributed by atoms with Crippen molar-refractivity contribution in [3.63, 3.8) is 0 Å². The first-order valence-corrected chi connectivity index (χ1v) is 10.7. The van der Waals surface area contributed by atoms with Gasteiger partial charge in [0.2, 0.25) is 5.91 Å². The number of benzene rings is 2. The third-order valence-corrected chi connectivity index (χ3v) is 5.58. The molecule has 8 nitrogen and oxygen atoms in total. The van der Waals surface area contributed by atoms with Crippen molar-refractivity contribution in [1.82, 2.24) is 20.6 Å². The predicted molar refractivity (Wildman–Crippen MR) is 121 cm³/mol.